The molecule has 22 heavy (non-hydrogen) atoms. The van der Waals surface area contributed by atoms with Crippen molar-refractivity contribution in [2.24, 2.45) is 17.6 Å². The zero-order valence-electron chi connectivity index (χ0n) is 13.6. The maximum Gasteiger partial charge on any atom is 0.153 e. The van der Waals surface area contributed by atoms with Crippen LogP contribution in [0.3, 0.4) is 0 Å². The van der Waals surface area contributed by atoms with E-state index in [-0.39, 0.29) is 29.5 Å². The van der Waals surface area contributed by atoms with Crippen LogP contribution in [0.25, 0.3) is 0 Å². The number of rotatable bonds is 5. The Morgan fingerprint density at radius 1 is 1.14 bits per heavy atom. The van der Waals surface area contributed by atoms with Gasteiger partial charge < -0.3 is 10.8 Å². The summed E-state index contributed by atoms with van der Waals surface area (Å²) in [6, 6.07) is 0.0353. The van der Waals surface area contributed by atoms with Crippen LogP contribution in [0.1, 0.15) is 64.7 Å². The van der Waals surface area contributed by atoms with E-state index in [0.29, 0.717) is 18.8 Å². The van der Waals surface area contributed by atoms with Crippen LogP contribution in [0, 0.1) is 11.8 Å². The Morgan fingerprint density at radius 2 is 1.77 bits per heavy atom. The molecule has 0 heterocycles. The molecule has 3 N–H and O–H groups in total. The van der Waals surface area contributed by atoms with Gasteiger partial charge in [-0.2, -0.15) is 0 Å². The van der Waals surface area contributed by atoms with Crippen LogP contribution in [0.4, 0.5) is 0 Å². The van der Waals surface area contributed by atoms with Crippen LogP contribution < -0.4 is 5.73 Å². The molecule has 2 aliphatic carbocycles. The lowest BCUT2D eigenvalue weighted by Gasteiger charge is -2.40. The normalized spacial score (nSPS) is 32.2. The van der Waals surface area contributed by atoms with E-state index in [1.807, 2.05) is 0 Å². The number of hydrogen-bond acceptors (Lipinski definition) is 4. The molecule has 2 fully saturated rings. The van der Waals surface area contributed by atoms with Crippen LogP contribution in [0.15, 0.2) is 0 Å². The van der Waals surface area contributed by atoms with Gasteiger partial charge in [0.05, 0.1) is 17.1 Å². The van der Waals surface area contributed by atoms with E-state index in [0.717, 1.165) is 18.8 Å². The Labute approximate surface area is 141 Å². The highest BCUT2D eigenvalue weighted by Crippen LogP contribution is 2.39. The maximum atomic E-state index is 12.4. The highest BCUT2D eigenvalue weighted by atomic mass is 35.5. The van der Waals surface area contributed by atoms with E-state index in [1.54, 1.807) is 6.92 Å². The second-order valence-corrected chi connectivity index (χ2v) is 9.57. The Balaban J connectivity index is 0.00000242. The fraction of sp³-hybridized carbons (Fsp3) is 1.00. The lowest BCUT2D eigenvalue weighted by Crippen LogP contribution is -2.45. The fourth-order valence-electron chi connectivity index (χ4n) is 4.16. The monoisotopic (exact) mass is 353 g/mol. The molecule has 0 saturated heterocycles. The summed E-state index contributed by atoms with van der Waals surface area (Å²) in [5.41, 5.74) is 6.34. The Hall–Kier alpha value is 0.160. The average Bonchev–Trinajstić information content (AvgIpc) is 2.46. The summed E-state index contributed by atoms with van der Waals surface area (Å²) < 4.78 is 24.7. The molecule has 2 saturated carbocycles. The number of aliphatic hydroxyl groups is 1. The second-order valence-electron chi connectivity index (χ2n) is 7.17. The molecule has 4 atom stereocenters. The third kappa shape index (κ3) is 5.36. The van der Waals surface area contributed by atoms with Crippen molar-refractivity contribution in [1.82, 2.24) is 0 Å². The minimum absolute atomic E-state index is 0. The molecule has 2 rings (SSSR count). The molecule has 0 spiro atoms. The standard InChI is InChI=1S/C16H31NO3S.ClH/c1-12(18)9-10-21(19,20)14-7-8-15(16(17)11-14)13-5-3-2-4-6-13;/h12-16,18H,2-11,17H2,1H3;1H. The molecule has 0 aliphatic heterocycles. The van der Waals surface area contributed by atoms with Crippen LogP contribution in [-0.2, 0) is 9.84 Å². The summed E-state index contributed by atoms with van der Waals surface area (Å²) in [4.78, 5) is 0. The van der Waals surface area contributed by atoms with Gasteiger partial charge in [0.1, 0.15) is 0 Å². The van der Waals surface area contributed by atoms with Crippen molar-refractivity contribution in [2.45, 2.75) is 82.1 Å². The van der Waals surface area contributed by atoms with Crippen molar-refractivity contribution >= 4 is 22.2 Å². The molecule has 0 radical (unpaired) electrons. The predicted octanol–water partition coefficient (Wildman–Crippen LogP) is 2.67. The molecule has 2 aliphatic rings. The van der Waals surface area contributed by atoms with Gasteiger partial charge in [-0.15, -0.1) is 12.4 Å². The van der Waals surface area contributed by atoms with Crippen molar-refractivity contribution in [3.63, 3.8) is 0 Å². The number of halogens is 1. The molecule has 132 valence electrons. The van der Waals surface area contributed by atoms with Crippen LogP contribution in [0.2, 0.25) is 0 Å². The molecule has 4 nitrogen and oxygen atoms in total. The first-order chi connectivity index (χ1) is 9.90. The van der Waals surface area contributed by atoms with Gasteiger partial charge in [0.2, 0.25) is 0 Å². The zero-order chi connectivity index (χ0) is 15.5. The van der Waals surface area contributed by atoms with Crippen LogP contribution in [0.5, 0.6) is 0 Å². The third-order valence-corrected chi connectivity index (χ3v) is 7.74. The highest BCUT2D eigenvalue weighted by Gasteiger charge is 2.38. The summed E-state index contributed by atoms with van der Waals surface area (Å²) in [5, 5.41) is 9.00. The van der Waals surface area contributed by atoms with Crippen molar-refractivity contribution < 1.29 is 13.5 Å². The second kappa shape index (κ2) is 8.86. The van der Waals surface area contributed by atoms with Gasteiger partial charge in [-0.05, 0) is 44.4 Å². The number of sulfone groups is 1. The van der Waals surface area contributed by atoms with Crippen molar-refractivity contribution in [3.8, 4) is 0 Å². The Morgan fingerprint density at radius 3 is 2.32 bits per heavy atom. The zero-order valence-corrected chi connectivity index (χ0v) is 15.2. The summed E-state index contributed by atoms with van der Waals surface area (Å²) in [6.45, 7) is 1.64. The molecule has 0 amide bonds. The van der Waals surface area contributed by atoms with Crippen molar-refractivity contribution in [1.29, 1.82) is 0 Å². The molecule has 0 aromatic carbocycles. The van der Waals surface area contributed by atoms with E-state index in [9.17, 15) is 13.5 Å². The van der Waals surface area contributed by atoms with Crippen LogP contribution in [-0.4, -0.2) is 36.7 Å². The number of nitrogens with two attached hydrogens (primary N) is 1. The first kappa shape index (κ1) is 20.2. The lowest BCUT2D eigenvalue weighted by molar-refractivity contribution is 0.172. The lowest BCUT2D eigenvalue weighted by atomic mass is 9.71. The molecular formula is C16H32ClNO3S. The van der Waals surface area contributed by atoms with Gasteiger partial charge >= 0.3 is 0 Å². The van der Waals surface area contributed by atoms with E-state index in [2.05, 4.69) is 0 Å². The average molecular weight is 354 g/mol. The van der Waals surface area contributed by atoms with Crippen LogP contribution >= 0.6 is 12.4 Å². The molecule has 0 aromatic heterocycles. The fourth-order valence-corrected chi connectivity index (χ4v) is 6.18. The van der Waals surface area contributed by atoms with E-state index < -0.39 is 15.9 Å². The van der Waals surface area contributed by atoms with E-state index in [4.69, 9.17) is 5.73 Å². The Kier molecular flexibility index (Phi) is 8.13. The van der Waals surface area contributed by atoms with Gasteiger partial charge in [0, 0.05) is 6.04 Å². The van der Waals surface area contributed by atoms with Gasteiger partial charge in [-0.1, -0.05) is 32.1 Å². The Bertz CT molecular complexity index is 421. The summed E-state index contributed by atoms with van der Waals surface area (Å²) in [7, 11) is -3.11. The molecule has 0 aromatic rings. The first-order valence-corrected chi connectivity index (χ1v) is 10.3. The molecule has 6 heteroatoms. The van der Waals surface area contributed by atoms with E-state index in [1.165, 1.54) is 32.1 Å². The number of aliphatic hydroxyl groups excluding tert-OH is 1. The van der Waals surface area contributed by atoms with Gasteiger partial charge in [0.25, 0.3) is 0 Å². The molecule has 0 bridgehead atoms. The topological polar surface area (TPSA) is 80.4 Å². The van der Waals surface area contributed by atoms with Gasteiger partial charge in [-0.25, -0.2) is 8.42 Å². The first-order valence-electron chi connectivity index (χ1n) is 8.55. The quantitative estimate of drug-likeness (QED) is 0.796. The van der Waals surface area contributed by atoms with Crippen molar-refractivity contribution in [3.05, 3.63) is 0 Å². The summed E-state index contributed by atoms with van der Waals surface area (Å²) in [5.74, 6) is 1.33. The predicted molar refractivity (Wildman–Crippen MR) is 93.0 cm³/mol. The minimum atomic E-state index is -3.11. The van der Waals surface area contributed by atoms with E-state index >= 15 is 0 Å². The number of hydrogen-bond donors (Lipinski definition) is 2. The maximum absolute atomic E-state index is 12.4. The summed E-state index contributed by atoms with van der Waals surface area (Å²) >= 11 is 0. The molecule has 4 unspecified atom stereocenters. The third-order valence-electron chi connectivity index (χ3n) is 5.49. The van der Waals surface area contributed by atoms with Gasteiger partial charge in [0.15, 0.2) is 9.84 Å². The SMILES string of the molecule is CC(O)CCS(=O)(=O)C1CCC(C2CCCCC2)C(N)C1.Cl. The van der Waals surface area contributed by atoms with Crippen molar-refractivity contribution in [2.75, 3.05) is 5.75 Å². The molecular weight excluding hydrogens is 322 g/mol. The summed E-state index contributed by atoms with van der Waals surface area (Å²) in [6.07, 6.45) is 8.63. The minimum Gasteiger partial charge on any atom is -0.393 e. The largest absolute Gasteiger partial charge is 0.393 e. The highest BCUT2D eigenvalue weighted by molar-refractivity contribution is 7.92. The smallest absolute Gasteiger partial charge is 0.153 e. The van der Waals surface area contributed by atoms with Gasteiger partial charge in [-0.3, -0.25) is 0 Å².